The number of ether oxygens (including phenoxy) is 1. The predicted octanol–water partition coefficient (Wildman–Crippen LogP) is 3.39. The molecule has 0 radical (unpaired) electrons. The van der Waals surface area contributed by atoms with Crippen LogP contribution >= 0.6 is 0 Å². The number of unbranched alkanes of at least 4 members (excludes halogenated alkanes) is 1. The standard InChI is InChI=1S/C18H36N2O/c1-16(2)20-14-12-19(13-15-20)11-5-4-6-17-7-9-18(21-3)10-8-17/h16-18H,4-15H2,1-3H3/t17-,18-. The average Bonchev–Trinajstić information content (AvgIpc) is 2.52. The Bertz CT molecular complexity index is 266. The van der Waals surface area contributed by atoms with Gasteiger partial charge in [0, 0.05) is 39.3 Å². The Kier molecular flexibility index (Phi) is 7.48. The van der Waals surface area contributed by atoms with Gasteiger partial charge in [-0.05, 0) is 58.4 Å². The van der Waals surface area contributed by atoms with Crippen molar-refractivity contribution in [1.29, 1.82) is 0 Å². The van der Waals surface area contributed by atoms with Gasteiger partial charge in [-0.3, -0.25) is 4.90 Å². The maximum Gasteiger partial charge on any atom is 0.0571 e. The van der Waals surface area contributed by atoms with E-state index in [2.05, 4.69) is 23.6 Å². The minimum absolute atomic E-state index is 0.554. The zero-order chi connectivity index (χ0) is 15.1. The first kappa shape index (κ1) is 17.2. The Labute approximate surface area is 132 Å². The molecule has 0 N–H and O–H groups in total. The summed E-state index contributed by atoms with van der Waals surface area (Å²) in [6, 6.07) is 0.717. The van der Waals surface area contributed by atoms with Gasteiger partial charge in [-0.1, -0.05) is 12.8 Å². The molecule has 0 unspecified atom stereocenters. The van der Waals surface area contributed by atoms with Crippen molar-refractivity contribution in [3.05, 3.63) is 0 Å². The third kappa shape index (κ3) is 5.88. The Balaban J connectivity index is 1.49. The minimum Gasteiger partial charge on any atom is -0.381 e. The molecule has 0 aromatic heterocycles. The fourth-order valence-electron chi connectivity index (χ4n) is 3.93. The van der Waals surface area contributed by atoms with Crippen LogP contribution in [-0.2, 0) is 4.74 Å². The van der Waals surface area contributed by atoms with Crippen LogP contribution in [0.25, 0.3) is 0 Å². The van der Waals surface area contributed by atoms with Gasteiger partial charge in [0.1, 0.15) is 0 Å². The molecule has 1 heterocycles. The number of hydrogen-bond acceptors (Lipinski definition) is 3. The highest BCUT2D eigenvalue weighted by Gasteiger charge is 2.21. The van der Waals surface area contributed by atoms with Crippen LogP contribution in [0.15, 0.2) is 0 Å². The fraction of sp³-hybridized carbons (Fsp3) is 1.00. The van der Waals surface area contributed by atoms with Gasteiger partial charge in [0.2, 0.25) is 0 Å². The van der Waals surface area contributed by atoms with Crippen molar-refractivity contribution >= 4 is 0 Å². The Morgan fingerprint density at radius 2 is 1.62 bits per heavy atom. The predicted molar refractivity (Wildman–Crippen MR) is 89.8 cm³/mol. The van der Waals surface area contributed by atoms with Crippen molar-refractivity contribution in [2.45, 2.75) is 70.9 Å². The smallest absolute Gasteiger partial charge is 0.0571 e. The molecule has 124 valence electrons. The molecule has 1 saturated carbocycles. The molecule has 0 amide bonds. The van der Waals surface area contributed by atoms with Gasteiger partial charge < -0.3 is 9.64 Å². The summed E-state index contributed by atoms with van der Waals surface area (Å²) in [4.78, 5) is 5.27. The largest absolute Gasteiger partial charge is 0.381 e. The molecular formula is C18H36N2O. The van der Waals surface area contributed by atoms with Gasteiger partial charge in [0.25, 0.3) is 0 Å². The van der Waals surface area contributed by atoms with Crippen LogP contribution in [0.1, 0.15) is 58.8 Å². The van der Waals surface area contributed by atoms with E-state index in [4.69, 9.17) is 4.74 Å². The molecule has 0 aromatic rings. The summed E-state index contributed by atoms with van der Waals surface area (Å²) in [6.07, 6.45) is 10.2. The van der Waals surface area contributed by atoms with E-state index in [1.165, 1.54) is 77.7 Å². The van der Waals surface area contributed by atoms with Gasteiger partial charge in [-0.2, -0.15) is 0 Å². The maximum absolute atomic E-state index is 5.46. The van der Waals surface area contributed by atoms with E-state index in [0.29, 0.717) is 6.10 Å². The third-order valence-corrected chi connectivity index (χ3v) is 5.60. The molecule has 0 aromatic carbocycles. The number of methoxy groups -OCH3 is 1. The molecule has 3 heteroatoms. The summed E-state index contributed by atoms with van der Waals surface area (Å²) in [7, 11) is 1.87. The molecular weight excluding hydrogens is 260 g/mol. The SMILES string of the molecule is CO[C@H]1CC[C@H](CCCCN2CCN(C(C)C)CC2)CC1. The van der Waals surface area contributed by atoms with E-state index in [0.717, 1.165) is 12.0 Å². The van der Waals surface area contributed by atoms with E-state index >= 15 is 0 Å². The second-order valence-corrected chi connectivity index (χ2v) is 7.35. The number of piperazine rings is 1. The van der Waals surface area contributed by atoms with Crippen molar-refractivity contribution in [2.24, 2.45) is 5.92 Å². The Hall–Kier alpha value is -0.120. The van der Waals surface area contributed by atoms with Gasteiger partial charge in [0.05, 0.1) is 6.10 Å². The highest BCUT2D eigenvalue weighted by molar-refractivity contribution is 4.75. The van der Waals surface area contributed by atoms with Crippen LogP contribution in [0, 0.1) is 5.92 Å². The molecule has 1 saturated heterocycles. The topological polar surface area (TPSA) is 15.7 Å². The van der Waals surface area contributed by atoms with E-state index in [9.17, 15) is 0 Å². The lowest BCUT2D eigenvalue weighted by molar-refractivity contribution is 0.0548. The lowest BCUT2D eigenvalue weighted by atomic mass is 9.84. The van der Waals surface area contributed by atoms with Gasteiger partial charge >= 0.3 is 0 Å². The zero-order valence-electron chi connectivity index (χ0n) is 14.5. The van der Waals surface area contributed by atoms with Crippen molar-refractivity contribution in [3.8, 4) is 0 Å². The van der Waals surface area contributed by atoms with Gasteiger partial charge in [-0.15, -0.1) is 0 Å². The summed E-state index contributed by atoms with van der Waals surface area (Å²) < 4.78 is 5.46. The normalized spacial score (nSPS) is 29.1. The quantitative estimate of drug-likeness (QED) is 0.670. The van der Waals surface area contributed by atoms with Crippen molar-refractivity contribution in [3.63, 3.8) is 0 Å². The van der Waals surface area contributed by atoms with Crippen molar-refractivity contribution in [1.82, 2.24) is 9.80 Å². The molecule has 2 fully saturated rings. The van der Waals surface area contributed by atoms with E-state index < -0.39 is 0 Å². The van der Waals surface area contributed by atoms with Crippen LogP contribution in [0.3, 0.4) is 0 Å². The number of nitrogens with zero attached hydrogens (tertiary/aromatic N) is 2. The molecule has 0 spiro atoms. The summed E-state index contributed by atoms with van der Waals surface area (Å²) in [5, 5.41) is 0. The van der Waals surface area contributed by atoms with Crippen LogP contribution in [0.4, 0.5) is 0 Å². The monoisotopic (exact) mass is 296 g/mol. The zero-order valence-corrected chi connectivity index (χ0v) is 14.5. The van der Waals surface area contributed by atoms with Crippen LogP contribution < -0.4 is 0 Å². The second-order valence-electron chi connectivity index (χ2n) is 7.35. The second kappa shape index (κ2) is 9.12. The first-order chi connectivity index (χ1) is 10.2. The number of hydrogen-bond donors (Lipinski definition) is 0. The minimum atomic E-state index is 0.554. The average molecular weight is 296 g/mol. The molecule has 21 heavy (non-hydrogen) atoms. The summed E-state index contributed by atoms with van der Waals surface area (Å²) in [5.74, 6) is 0.981. The molecule has 1 aliphatic carbocycles. The first-order valence-electron chi connectivity index (χ1n) is 9.18. The van der Waals surface area contributed by atoms with Crippen LogP contribution in [0.5, 0.6) is 0 Å². The highest BCUT2D eigenvalue weighted by atomic mass is 16.5. The summed E-state index contributed by atoms with van der Waals surface area (Å²) >= 11 is 0. The van der Waals surface area contributed by atoms with E-state index in [-0.39, 0.29) is 0 Å². The summed E-state index contributed by atoms with van der Waals surface area (Å²) in [6.45, 7) is 11.0. The van der Waals surface area contributed by atoms with Crippen LogP contribution in [-0.4, -0.2) is 61.8 Å². The highest BCUT2D eigenvalue weighted by Crippen LogP contribution is 2.29. The summed E-state index contributed by atoms with van der Waals surface area (Å²) in [5.41, 5.74) is 0. The fourth-order valence-corrected chi connectivity index (χ4v) is 3.93. The van der Waals surface area contributed by atoms with Gasteiger partial charge in [0.15, 0.2) is 0 Å². The van der Waals surface area contributed by atoms with Crippen molar-refractivity contribution in [2.75, 3.05) is 39.8 Å². The van der Waals surface area contributed by atoms with E-state index in [1.807, 2.05) is 7.11 Å². The molecule has 2 rings (SSSR count). The van der Waals surface area contributed by atoms with Crippen molar-refractivity contribution < 1.29 is 4.74 Å². The maximum atomic E-state index is 5.46. The third-order valence-electron chi connectivity index (χ3n) is 5.60. The Morgan fingerprint density at radius 3 is 2.19 bits per heavy atom. The lowest BCUT2D eigenvalue weighted by Crippen LogP contribution is -2.48. The molecule has 2 aliphatic rings. The molecule has 0 bridgehead atoms. The van der Waals surface area contributed by atoms with Gasteiger partial charge in [-0.25, -0.2) is 0 Å². The first-order valence-corrected chi connectivity index (χ1v) is 9.18. The molecule has 1 aliphatic heterocycles. The molecule has 3 nitrogen and oxygen atoms in total. The van der Waals surface area contributed by atoms with E-state index in [1.54, 1.807) is 0 Å². The number of rotatable bonds is 7. The Morgan fingerprint density at radius 1 is 0.952 bits per heavy atom. The lowest BCUT2D eigenvalue weighted by Gasteiger charge is -2.37. The molecule has 0 atom stereocenters. The van der Waals surface area contributed by atoms with Crippen LogP contribution in [0.2, 0.25) is 0 Å².